The van der Waals surface area contributed by atoms with E-state index in [1.807, 2.05) is 37.3 Å². The highest BCUT2D eigenvalue weighted by Crippen LogP contribution is 2.22. The van der Waals surface area contributed by atoms with Gasteiger partial charge in [0.1, 0.15) is 11.3 Å². The summed E-state index contributed by atoms with van der Waals surface area (Å²) in [6.07, 6.45) is 0. The lowest BCUT2D eigenvalue weighted by atomic mass is 9.96. The van der Waals surface area contributed by atoms with Gasteiger partial charge in [-0.1, -0.05) is 44.1 Å². The molecule has 3 aromatic rings. The third-order valence-corrected chi connectivity index (χ3v) is 3.54. The van der Waals surface area contributed by atoms with Crippen LogP contribution in [-0.2, 0) is 12.0 Å². The second-order valence-electron chi connectivity index (χ2n) is 6.56. The third kappa shape index (κ3) is 3.04. The maximum atomic E-state index is 5.78. The summed E-state index contributed by atoms with van der Waals surface area (Å²) >= 11 is 0. The van der Waals surface area contributed by atoms with Crippen LogP contribution in [0.3, 0.4) is 0 Å². The van der Waals surface area contributed by atoms with Crippen molar-refractivity contribution < 1.29 is 8.94 Å². The van der Waals surface area contributed by atoms with E-state index < -0.39 is 0 Å². The quantitative estimate of drug-likeness (QED) is 0.790. The van der Waals surface area contributed by atoms with Gasteiger partial charge in [-0.2, -0.15) is 4.98 Å². The highest BCUT2D eigenvalue weighted by atomic mass is 16.5. The zero-order valence-electron chi connectivity index (χ0n) is 13.4. The van der Waals surface area contributed by atoms with Crippen molar-refractivity contribution in [1.29, 1.82) is 0 Å². The molecule has 0 saturated heterocycles. The highest BCUT2D eigenvalue weighted by Gasteiger charge is 2.23. The molecule has 1 N–H and O–H groups in total. The summed E-state index contributed by atoms with van der Waals surface area (Å²) in [5.41, 5.74) is 0.792. The van der Waals surface area contributed by atoms with Gasteiger partial charge in [0.25, 0.3) is 0 Å². The molecule has 0 aliphatic rings. The largest absolute Gasteiger partial charge is 0.460 e. The molecular formula is C17H21N3O2. The van der Waals surface area contributed by atoms with E-state index in [4.69, 9.17) is 8.94 Å². The van der Waals surface area contributed by atoms with Gasteiger partial charge in [0, 0.05) is 10.8 Å². The van der Waals surface area contributed by atoms with E-state index in [9.17, 15) is 0 Å². The fourth-order valence-electron chi connectivity index (χ4n) is 2.18. The molecule has 0 fully saturated rings. The summed E-state index contributed by atoms with van der Waals surface area (Å²) in [6.45, 7) is 8.81. The Kier molecular flexibility index (Phi) is 3.74. The minimum atomic E-state index is -0.111. The molecule has 0 saturated carbocycles. The summed E-state index contributed by atoms with van der Waals surface area (Å²) in [5, 5.41) is 8.51. The van der Waals surface area contributed by atoms with Crippen LogP contribution in [0.2, 0.25) is 0 Å². The molecule has 1 aromatic carbocycles. The Morgan fingerprint density at radius 1 is 1.23 bits per heavy atom. The zero-order chi connectivity index (χ0) is 15.7. The number of para-hydroxylation sites is 1. The number of nitrogens with one attached hydrogen (secondary N) is 1. The first-order valence-corrected chi connectivity index (χ1v) is 7.48. The first-order chi connectivity index (χ1) is 10.4. The summed E-state index contributed by atoms with van der Waals surface area (Å²) in [6, 6.07) is 10.00. The molecule has 0 aliphatic heterocycles. The van der Waals surface area contributed by atoms with Gasteiger partial charge in [-0.15, -0.1) is 0 Å². The molecule has 1 atom stereocenters. The summed E-state index contributed by atoms with van der Waals surface area (Å²) in [7, 11) is 0. The zero-order valence-corrected chi connectivity index (χ0v) is 13.4. The SMILES string of the molecule is CC(NCc1cc2ccccc2o1)c1nc(C(C)(C)C)no1. The lowest BCUT2D eigenvalue weighted by Gasteiger charge is -2.11. The van der Waals surface area contributed by atoms with Crippen molar-refractivity contribution in [3.05, 3.63) is 47.8 Å². The maximum Gasteiger partial charge on any atom is 0.243 e. The molecule has 2 aromatic heterocycles. The Bertz CT molecular complexity index is 734. The standard InChI is InChI=1S/C17H21N3O2/c1-11(15-19-16(20-22-15)17(2,3)4)18-10-13-9-12-7-5-6-8-14(12)21-13/h5-9,11,18H,10H2,1-4H3. The fourth-order valence-corrected chi connectivity index (χ4v) is 2.18. The van der Waals surface area contributed by atoms with Gasteiger partial charge in [0.05, 0.1) is 12.6 Å². The fraction of sp³-hybridized carbons (Fsp3) is 0.412. The molecule has 5 nitrogen and oxygen atoms in total. The van der Waals surface area contributed by atoms with Gasteiger partial charge in [-0.05, 0) is 19.1 Å². The van der Waals surface area contributed by atoms with Crippen molar-refractivity contribution in [3.8, 4) is 0 Å². The number of furan rings is 1. The van der Waals surface area contributed by atoms with E-state index in [2.05, 4.69) is 36.2 Å². The Morgan fingerprint density at radius 3 is 2.68 bits per heavy atom. The molecule has 0 bridgehead atoms. The van der Waals surface area contributed by atoms with Gasteiger partial charge < -0.3 is 8.94 Å². The molecule has 116 valence electrons. The number of hydrogen-bond donors (Lipinski definition) is 1. The van der Waals surface area contributed by atoms with Crippen molar-refractivity contribution in [2.75, 3.05) is 0 Å². The van der Waals surface area contributed by atoms with Crippen LogP contribution in [-0.4, -0.2) is 10.1 Å². The summed E-state index contributed by atoms with van der Waals surface area (Å²) < 4.78 is 11.1. The first-order valence-electron chi connectivity index (χ1n) is 7.48. The average molecular weight is 299 g/mol. The van der Waals surface area contributed by atoms with E-state index in [1.54, 1.807) is 0 Å². The molecule has 5 heteroatoms. The molecular weight excluding hydrogens is 278 g/mol. The van der Waals surface area contributed by atoms with Crippen molar-refractivity contribution in [3.63, 3.8) is 0 Å². The third-order valence-electron chi connectivity index (χ3n) is 3.54. The van der Waals surface area contributed by atoms with Crippen LogP contribution in [0.25, 0.3) is 11.0 Å². The molecule has 0 spiro atoms. The maximum absolute atomic E-state index is 5.78. The van der Waals surface area contributed by atoms with Crippen LogP contribution in [0, 0.1) is 0 Å². The molecule has 1 unspecified atom stereocenters. The predicted molar refractivity (Wildman–Crippen MR) is 84.5 cm³/mol. The molecule has 3 rings (SSSR count). The molecule has 22 heavy (non-hydrogen) atoms. The molecule has 0 amide bonds. The normalized spacial score (nSPS) is 13.6. The van der Waals surface area contributed by atoms with Crippen molar-refractivity contribution in [2.24, 2.45) is 0 Å². The second-order valence-corrected chi connectivity index (χ2v) is 6.56. The monoisotopic (exact) mass is 299 g/mol. The number of aromatic nitrogens is 2. The summed E-state index contributed by atoms with van der Waals surface area (Å²) in [5.74, 6) is 2.21. The van der Waals surface area contributed by atoms with Gasteiger partial charge in [-0.25, -0.2) is 0 Å². The predicted octanol–water partition coefficient (Wildman–Crippen LogP) is 3.96. The minimum absolute atomic E-state index is 0.0307. The molecule has 0 radical (unpaired) electrons. The number of nitrogens with zero attached hydrogens (tertiary/aromatic N) is 2. The van der Waals surface area contributed by atoms with E-state index in [0.717, 1.165) is 22.6 Å². The van der Waals surface area contributed by atoms with Crippen LogP contribution < -0.4 is 5.32 Å². The number of hydrogen-bond acceptors (Lipinski definition) is 5. The van der Waals surface area contributed by atoms with Crippen molar-refractivity contribution >= 4 is 11.0 Å². The first kappa shape index (κ1) is 14.8. The molecule has 2 heterocycles. The Morgan fingerprint density at radius 2 is 2.00 bits per heavy atom. The number of benzene rings is 1. The number of fused-ring (bicyclic) bond motifs is 1. The van der Waals surface area contributed by atoms with E-state index in [0.29, 0.717) is 12.4 Å². The Hall–Kier alpha value is -2.14. The van der Waals surface area contributed by atoms with E-state index in [1.165, 1.54) is 0 Å². The van der Waals surface area contributed by atoms with Crippen LogP contribution in [0.15, 0.2) is 39.3 Å². The molecule has 0 aliphatic carbocycles. The van der Waals surface area contributed by atoms with Gasteiger partial charge in [0.2, 0.25) is 5.89 Å². The Balaban J connectivity index is 1.66. The van der Waals surface area contributed by atoms with Gasteiger partial charge in [-0.3, -0.25) is 5.32 Å². The average Bonchev–Trinajstić information content (AvgIpc) is 3.10. The lowest BCUT2D eigenvalue weighted by Crippen LogP contribution is -2.19. The Labute approximate surface area is 129 Å². The van der Waals surface area contributed by atoms with Gasteiger partial charge >= 0.3 is 0 Å². The van der Waals surface area contributed by atoms with Crippen molar-refractivity contribution in [2.45, 2.75) is 45.7 Å². The van der Waals surface area contributed by atoms with E-state index >= 15 is 0 Å². The van der Waals surface area contributed by atoms with Crippen LogP contribution in [0.1, 0.15) is 51.2 Å². The van der Waals surface area contributed by atoms with Gasteiger partial charge in [0.15, 0.2) is 5.82 Å². The van der Waals surface area contributed by atoms with Crippen LogP contribution in [0.4, 0.5) is 0 Å². The number of rotatable bonds is 4. The summed E-state index contributed by atoms with van der Waals surface area (Å²) in [4.78, 5) is 4.47. The lowest BCUT2D eigenvalue weighted by molar-refractivity contribution is 0.327. The van der Waals surface area contributed by atoms with Crippen molar-refractivity contribution in [1.82, 2.24) is 15.5 Å². The second kappa shape index (κ2) is 5.57. The topological polar surface area (TPSA) is 64.1 Å². The van der Waals surface area contributed by atoms with Crippen LogP contribution in [0.5, 0.6) is 0 Å². The minimum Gasteiger partial charge on any atom is -0.460 e. The van der Waals surface area contributed by atoms with Crippen LogP contribution >= 0.6 is 0 Å². The highest BCUT2D eigenvalue weighted by molar-refractivity contribution is 5.77. The van der Waals surface area contributed by atoms with E-state index in [-0.39, 0.29) is 11.5 Å². The smallest absolute Gasteiger partial charge is 0.243 e.